The van der Waals surface area contributed by atoms with E-state index in [-0.39, 0.29) is 5.56 Å². The minimum absolute atomic E-state index is 0.0849. The van der Waals surface area contributed by atoms with E-state index in [1.54, 1.807) is 34.0 Å². The number of piperidine rings is 1. The summed E-state index contributed by atoms with van der Waals surface area (Å²) in [5.74, 6) is 2.72. The first-order valence-electron chi connectivity index (χ1n) is 10.1. The van der Waals surface area contributed by atoms with Crippen LogP contribution in [0.1, 0.15) is 24.1 Å². The molecule has 1 fully saturated rings. The van der Waals surface area contributed by atoms with Crippen molar-refractivity contribution in [1.29, 1.82) is 0 Å². The summed E-state index contributed by atoms with van der Waals surface area (Å²) in [6, 6.07) is 5.10. The minimum Gasteiger partial charge on any atom is -0.356 e. The summed E-state index contributed by atoms with van der Waals surface area (Å²) in [5.41, 5.74) is 2.01. The molecular weight excluding hydrogens is 382 g/mol. The largest absolute Gasteiger partial charge is 0.356 e. The van der Waals surface area contributed by atoms with E-state index in [2.05, 4.69) is 37.1 Å². The summed E-state index contributed by atoms with van der Waals surface area (Å²) in [5, 5.41) is 13.1. The van der Waals surface area contributed by atoms with Crippen LogP contribution in [-0.4, -0.2) is 52.2 Å². The van der Waals surface area contributed by atoms with Crippen molar-refractivity contribution in [2.24, 2.45) is 5.92 Å². The van der Waals surface area contributed by atoms with Crippen LogP contribution >= 0.6 is 0 Å². The average Bonchev–Trinajstić information content (AvgIpc) is 3.43. The highest BCUT2D eigenvalue weighted by molar-refractivity contribution is 5.54. The zero-order valence-electron chi connectivity index (χ0n) is 17.0. The number of aromatic nitrogens is 8. The normalized spacial score (nSPS) is 15.2. The van der Waals surface area contributed by atoms with E-state index in [0.29, 0.717) is 24.1 Å². The molecular formula is C20H23N9O. The molecule has 1 aliphatic rings. The van der Waals surface area contributed by atoms with Crippen molar-refractivity contribution in [1.82, 2.24) is 39.1 Å². The van der Waals surface area contributed by atoms with Crippen LogP contribution in [0.15, 0.2) is 41.7 Å². The number of hydrogen-bond acceptors (Lipinski definition) is 7. The molecule has 1 saturated heterocycles. The standard InChI is InChI=1S/C20H23N9O/c1-14-15(2)24-20-21-13-23-29(20)19(14)26-10-6-16(7-11-26)12-28-18(30)5-4-17(25-28)27-9-3-8-22-27/h3-5,8-9,13,16H,6-7,10-12H2,1-2H3. The summed E-state index contributed by atoms with van der Waals surface area (Å²) in [7, 11) is 0. The predicted molar refractivity (Wildman–Crippen MR) is 111 cm³/mol. The van der Waals surface area contributed by atoms with Crippen LogP contribution in [0, 0.1) is 19.8 Å². The molecule has 0 saturated carbocycles. The smallest absolute Gasteiger partial charge is 0.266 e. The fourth-order valence-corrected chi connectivity index (χ4v) is 4.05. The molecule has 0 radical (unpaired) electrons. The molecule has 10 nitrogen and oxygen atoms in total. The molecule has 30 heavy (non-hydrogen) atoms. The van der Waals surface area contributed by atoms with Crippen LogP contribution in [0.5, 0.6) is 0 Å². The quantitative estimate of drug-likeness (QED) is 0.506. The second-order valence-electron chi connectivity index (χ2n) is 7.71. The average molecular weight is 405 g/mol. The third-order valence-electron chi connectivity index (χ3n) is 5.81. The molecule has 0 aromatic carbocycles. The molecule has 4 aromatic heterocycles. The Labute approximate surface area is 172 Å². The van der Waals surface area contributed by atoms with Gasteiger partial charge in [-0.25, -0.2) is 14.3 Å². The molecule has 0 spiro atoms. The molecule has 0 amide bonds. The highest BCUT2D eigenvalue weighted by Gasteiger charge is 2.24. The van der Waals surface area contributed by atoms with E-state index in [1.807, 2.05) is 23.7 Å². The van der Waals surface area contributed by atoms with Crippen LogP contribution in [0.25, 0.3) is 11.6 Å². The molecule has 0 N–H and O–H groups in total. The molecule has 4 aromatic rings. The van der Waals surface area contributed by atoms with E-state index in [1.165, 1.54) is 0 Å². The Bertz CT molecular complexity index is 1230. The Morgan fingerprint density at radius 2 is 1.97 bits per heavy atom. The van der Waals surface area contributed by atoms with Crippen molar-refractivity contribution in [3.05, 3.63) is 58.5 Å². The second-order valence-corrected chi connectivity index (χ2v) is 7.71. The molecule has 5 rings (SSSR count). The third-order valence-corrected chi connectivity index (χ3v) is 5.81. The Kier molecular flexibility index (Phi) is 4.53. The zero-order chi connectivity index (χ0) is 20.7. The lowest BCUT2D eigenvalue weighted by Crippen LogP contribution is -2.38. The van der Waals surface area contributed by atoms with Crippen molar-refractivity contribution in [3.63, 3.8) is 0 Å². The van der Waals surface area contributed by atoms with E-state index < -0.39 is 0 Å². The molecule has 0 bridgehead atoms. The van der Waals surface area contributed by atoms with Crippen LogP contribution in [-0.2, 0) is 6.54 Å². The summed E-state index contributed by atoms with van der Waals surface area (Å²) < 4.78 is 5.05. The highest BCUT2D eigenvalue weighted by atomic mass is 16.1. The monoisotopic (exact) mass is 405 g/mol. The summed E-state index contributed by atoms with van der Waals surface area (Å²) >= 11 is 0. The molecule has 10 heteroatoms. The Morgan fingerprint density at radius 1 is 1.13 bits per heavy atom. The maximum Gasteiger partial charge on any atom is 0.266 e. The van der Waals surface area contributed by atoms with Crippen LogP contribution in [0.2, 0.25) is 0 Å². The van der Waals surface area contributed by atoms with E-state index in [0.717, 1.165) is 43.0 Å². The van der Waals surface area contributed by atoms with Gasteiger partial charge in [0.25, 0.3) is 11.3 Å². The van der Waals surface area contributed by atoms with E-state index >= 15 is 0 Å². The molecule has 0 unspecified atom stereocenters. The van der Waals surface area contributed by atoms with Crippen molar-refractivity contribution in [3.8, 4) is 5.82 Å². The van der Waals surface area contributed by atoms with Gasteiger partial charge in [0, 0.05) is 49.4 Å². The summed E-state index contributed by atoms with van der Waals surface area (Å²) in [6.07, 6.45) is 7.00. The maximum atomic E-state index is 12.3. The number of fused-ring (bicyclic) bond motifs is 1. The number of hydrogen-bond donors (Lipinski definition) is 0. The lowest BCUT2D eigenvalue weighted by atomic mass is 9.96. The van der Waals surface area contributed by atoms with Crippen LogP contribution < -0.4 is 10.5 Å². The maximum absolute atomic E-state index is 12.3. The lowest BCUT2D eigenvalue weighted by molar-refractivity contribution is 0.333. The van der Waals surface area contributed by atoms with Crippen molar-refractivity contribution in [2.45, 2.75) is 33.2 Å². The van der Waals surface area contributed by atoms with Crippen molar-refractivity contribution in [2.75, 3.05) is 18.0 Å². The van der Waals surface area contributed by atoms with Gasteiger partial charge < -0.3 is 4.90 Å². The van der Waals surface area contributed by atoms with Gasteiger partial charge in [-0.3, -0.25) is 4.79 Å². The first-order valence-corrected chi connectivity index (χ1v) is 10.1. The van der Waals surface area contributed by atoms with Gasteiger partial charge >= 0.3 is 0 Å². The lowest BCUT2D eigenvalue weighted by Gasteiger charge is -2.34. The van der Waals surface area contributed by atoms with Gasteiger partial charge in [0.05, 0.1) is 0 Å². The minimum atomic E-state index is -0.0849. The molecule has 0 atom stereocenters. The molecule has 0 aliphatic carbocycles. The van der Waals surface area contributed by atoms with Gasteiger partial charge in [-0.1, -0.05) is 0 Å². The number of nitrogens with zero attached hydrogens (tertiary/aromatic N) is 9. The zero-order valence-corrected chi connectivity index (χ0v) is 17.0. The van der Waals surface area contributed by atoms with Gasteiger partial charge in [0.15, 0.2) is 5.82 Å². The highest BCUT2D eigenvalue weighted by Crippen LogP contribution is 2.27. The van der Waals surface area contributed by atoms with Crippen LogP contribution in [0.3, 0.4) is 0 Å². The van der Waals surface area contributed by atoms with Gasteiger partial charge in [0.1, 0.15) is 12.1 Å². The first-order chi connectivity index (χ1) is 14.6. The number of anilines is 1. The second kappa shape index (κ2) is 7.36. The number of rotatable bonds is 4. The van der Waals surface area contributed by atoms with Gasteiger partial charge in [-0.15, -0.1) is 5.10 Å². The third kappa shape index (κ3) is 3.23. The van der Waals surface area contributed by atoms with Crippen LogP contribution in [0.4, 0.5) is 5.82 Å². The van der Waals surface area contributed by atoms with E-state index in [9.17, 15) is 4.79 Å². The fourth-order valence-electron chi connectivity index (χ4n) is 4.05. The van der Waals surface area contributed by atoms with Gasteiger partial charge in [-0.05, 0) is 44.7 Å². The fraction of sp³-hybridized carbons (Fsp3) is 0.400. The molecule has 5 heterocycles. The molecule has 154 valence electrons. The topological polar surface area (TPSA) is 99.0 Å². The Hall–Kier alpha value is -3.56. The predicted octanol–water partition coefficient (Wildman–Crippen LogP) is 1.40. The SMILES string of the molecule is Cc1nc2ncnn2c(N2CCC(Cn3nc(-n4cccn4)ccc3=O)CC2)c1C. The van der Waals surface area contributed by atoms with Gasteiger partial charge in [-0.2, -0.15) is 19.7 Å². The Balaban J connectivity index is 1.33. The van der Waals surface area contributed by atoms with E-state index in [4.69, 9.17) is 0 Å². The van der Waals surface area contributed by atoms with Gasteiger partial charge in [0.2, 0.25) is 0 Å². The summed E-state index contributed by atoms with van der Waals surface area (Å²) in [6.45, 7) is 6.46. The van der Waals surface area contributed by atoms with Crippen molar-refractivity contribution >= 4 is 11.6 Å². The van der Waals surface area contributed by atoms with Crippen molar-refractivity contribution < 1.29 is 0 Å². The molecule has 1 aliphatic heterocycles. The summed E-state index contributed by atoms with van der Waals surface area (Å²) in [4.78, 5) is 23.4. The Morgan fingerprint density at radius 3 is 2.73 bits per heavy atom. The first kappa shape index (κ1) is 18.5. The number of aryl methyl sites for hydroxylation is 1.